The zero-order valence-corrected chi connectivity index (χ0v) is 19.4. The van der Waals surface area contributed by atoms with Crippen LogP contribution in [0.5, 0.6) is 17.2 Å². The number of methoxy groups -OCH3 is 1. The van der Waals surface area contributed by atoms with Crippen LogP contribution in [-0.4, -0.2) is 39.8 Å². The fourth-order valence-electron chi connectivity index (χ4n) is 4.44. The van der Waals surface area contributed by atoms with Crippen molar-refractivity contribution in [3.8, 4) is 28.5 Å². The van der Waals surface area contributed by atoms with Gasteiger partial charge in [0.2, 0.25) is 0 Å². The number of fused-ring (bicyclic) bond motifs is 1. The van der Waals surface area contributed by atoms with E-state index in [1.54, 1.807) is 36.5 Å². The summed E-state index contributed by atoms with van der Waals surface area (Å²) in [6.07, 6.45) is 3.24. The predicted octanol–water partition coefficient (Wildman–Crippen LogP) is 5.00. The highest BCUT2D eigenvalue weighted by molar-refractivity contribution is 6.00. The summed E-state index contributed by atoms with van der Waals surface area (Å²) in [7, 11) is 1.57. The standard InChI is InChI=1S/C27H25N3O5/c1-4-11-35-21-10-8-17(14-22(21)33-3)26-23-24(19-13-16(2)7-9-20(19)31)28-29-25(23)27(32)30(26)15-18-6-5-12-34-18/h4-10,12-14,26,31H,1,11,15H2,2-3H3,(H,28,29). The summed E-state index contributed by atoms with van der Waals surface area (Å²) >= 11 is 0. The lowest BCUT2D eigenvalue weighted by atomic mass is 9.94. The normalized spacial score (nSPS) is 14.7. The van der Waals surface area contributed by atoms with Gasteiger partial charge in [0.15, 0.2) is 11.5 Å². The van der Waals surface area contributed by atoms with Gasteiger partial charge in [0.25, 0.3) is 5.91 Å². The van der Waals surface area contributed by atoms with Crippen molar-refractivity contribution in [1.29, 1.82) is 0 Å². The first-order valence-corrected chi connectivity index (χ1v) is 11.1. The Balaban J connectivity index is 1.66. The highest BCUT2D eigenvalue weighted by Crippen LogP contribution is 2.46. The Hall–Kier alpha value is -4.46. The van der Waals surface area contributed by atoms with Gasteiger partial charge in [-0.1, -0.05) is 30.4 Å². The lowest BCUT2D eigenvalue weighted by molar-refractivity contribution is 0.0716. The number of hydrogen-bond donors (Lipinski definition) is 2. The fraction of sp³-hybridized carbons (Fsp3) is 0.185. The van der Waals surface area contributed by atoms with Crippen LogP contribution in [-0.2, 0) is 6.54 Å². The number of aromatic amines is 1. The number of aromatic hydroxyl groups is 1. The van der Waals surface area contributed by atoms with Gasteiger partial charge >= 0.3 is 0 Å². The number of aryl methyl sites for hydroxylation is 1. The molecule has 0 radical (unpaired) electrons. The molecule has 0 saturated heterocycles. The van der Waals surface area contributed by atoms with Crippen molar-refractivity contribution in [1.82, 2.24) is 15.1 Å². The van der Waals surface area contributed by atoms with E-state index in [9.17, 15) is 9.90 Å². The minimum atomic E-state index is -0.501. The number of rotatable bonds is 8. The van der Waals surface area contributed by atoms with Gasteiger partial charge in [-0.15, -0.1) is 0 Å². The van der Waals surface area contributed by atoms with E-state index in [0.29, 0.717) is 46.4 Å². The Bertz CT molecular complexity index is 1390. The van der Waals surface area contributed by atoms with E-state index in [4.69, 9.17) is 13.9 Å². The first kappa shape index (κ1) is 22.3. The van der Waals surface area contributed by atoms with Gasteiger partial charge in [0.05, 0.1) is 26.0 Å². The smallest absolute Gasteiger partial charge is 0.273 e. The summed E-state index contributed by atoms with van der Waals surface area (Å²) in [4.78, 5) is 15.3. The highest BCUT2D eigenvalue weighted by atomic mass is 16.5. The number of carbonyl (C=O) groups is 1. The number of aromatic nitrogens is 2. The molecule has 5 rings (SSSR count). The molecule has 2 aromatic heterocycles. The number of hydrogen-bond acceptors (Lipinski definition) is 6. The van der Waals surface area contributed by atoms with Crippen LogP contribution in [0.25, 0.3) is 11.3 Å². The van der Waals surface area contributed by atoms with E-state index >= 15 is 0 Å². The van der Waals surface area contributed by atoms with Crippen LogP contribution in [0.4, 0.5) is 0 Å². The van der Waals surface area contributed by atoms with Crippen LogP contribution in [0.15, 0.2) is 71.9 Å². The van der Waals surface area contributed by atoms with Gasteiger partial charge in [0, 0.05) is 11.1 Å². The molecule has 8 nitrogen and oxygen atoms in total. The average molecular weight is 472 g/mol. The maximum atomic E-state index is 13.5. The van der Waals surface area contributed by atoms with Crippen molar-refractivity contribution >= 4 is 5.91 Å². The summed E-state index contributed by atoms with van der Waals surface area (Å²) < 4.78 is 16.8. The van der Waals surface area contributed by atoms with Crippen molar-refractivity contribution in [3.63, 3.8) is 0 Å². The number of phenols is 1. The average Bonchev–Trinajstić information content (AvgIpc) is 3.59. The van der Waals surface area contributed by atoms with Gasteiger partial charge in [-0.2, -0.15) is 5.10 Å². The van der Waals surface area contributed by atoms with Gasteiger partial charge < -0.3 is 23.9 Å². The number of furan rings is 1. The van der Waals surface area contributed by atoms with Crippen LogP contribution < -0.4 is 9.47 Å². The van der Waals surface area contributed by atoms with Gasteiger partial charge in [0.1, 0.15) is 29.5 Å². The molecule has 0 aliphatic carbocycles. The molecule has 3 heterocycles. The van der Waals surface area contributed by atoms with Gasteiger partial charge in [-0.05, 0) is 48.9 Å². The van der Waals surface area contributed by atoms with Crippen LogP contribution >= 0.6 is 0 Å². The summed E-state index contributed by atoms with van der Waals surface area (Å²) in [5, 5.41) is 18.0. The zero-order valence-electron chi connectivity index (χ0n) is 19.4. The minimum Gasteiger partial charge on any atom is -0.507 e. The van der Waals surface area contributed by atoms with Crippen molar-refractivity contribution < 1.29 is 23.8 Å². The number of nitrogens with one attached hydrogen (secondary N) is 1. The molecule has 35 heavy (non-hydrogen) atoms. The second kappa shape index (κ2) is 9.06. The van der Waals surface area contributed by atoms with E-state index in [1.807, 2.05) is 43.3 Å². The van der Waals surface area contributed by atoms with Crippen LogP contribution in [0, 0.1) is 6.92 Å². The molecule has 0 fully saturated rings. The highest BCUT2D eigenvalue weighted by Gasteiger charge is 2.43. The maximum Gasteiger partial charge on any atom is 0.273 e. The molecule has 8 heteroatoms. The molecule has 1 atom stereocenters. The summed E-state index contributed by atoms with van der Waals surface area (Å²) in [5.74, 6) is 1.64. The SMILES string of the molecule is C=CCOc1ccc(C2c3c(-c4cc(C)ccc4O)n[nH]c3C(=O)N2Cc2ccco2)cc1OC. The third-order valence-corrected chi connectivity index (χ3v) is 6.04. The summed E-state index contributed by atoms with van der Waals surface area (Å²) in [6.45, 7) is 6.22. The van der Waals surface area contributed by atoms with Crippen molar-refractivity contribution in [2.24, 2.45) is 0 Å². The molecule has 2 N–H and O–H groups in total. The number of nitrogens with zero attached hydrogens (tertiary/aromatic N) is 2. The Morgan fingerprint density at radius 3 is 2.83 bits per heavy atom. The topological polar surface area (TPSA) is 101 Å². The third-order valence-electron chi connectivity index (χ3n) is 6.04. The molecule has 1 aliphatic heterocycles. The van der Waals surface area contributed by atoms with Crippen molar-refractivity contribution in [2.75, 3.05) is 13.7 Å². The number of carbonyl (C=O) groups excluding carboxylic acids is 1. The van der Waals surface area contributed by atoms with Crippen molar-refractivity contribution in [3.05, 3.63) is 95.6 Å². The second-order valence-electron chi connectivity index (χ2n) is 8.31. The third kappa shape index (κ3) is 3.93. The Morgan fingerprint density at radius 1 is 1.23 bits per heavy atom. The van der Waals surface area contributed by atoms with Gasteiger partial charge in [-0.3, -0.25) is 9.89 Å². The monoisotopic (exact) mass is 471 g/mol. The van der Waals surface area contributed by atoms with Gasteiger partial charge in [-0.25, -0.2) is 0 Å². The molecular weight excluding hydrogens is 446 g/mol. The Kier molecular flexibility index (Phi) is 5.78. The van der Waals surface area contributed by atoms with E-state index in [1.165, 1.54) is 0 Å². The van der Waals surface area contributed by atoms with Crippen LogP contribution in [0.2, 0.25) is 0 Å². The minimum absolute atomic E-state index is 0.0892. The fourth-order valence-corrected chi connectivity index (χ4v) is 4.44. The molecule has 2 aromatic carbocycles. The number of benzene rings is 2. The number of ether oxygens (including phenoxy) is 2. The predicted molar refractivity (Wildman–Crippen MR) is 130 cm³/mol. The summed E-state index contributed by atoms with van der Waals surface area (Å²) in [5.41, 5.74) is 3.91. The molecule has 1 amide bonds. The zero-order chi connectivity index (χ0) is 24.5. The Labute approximate surface area is 202 Å². The van der Waals surface area contributed by atoms with E-state index < -0.39 is 6.04 Å². The molecule has 1 unspecified atom stereocenters. The molecule has 1 aliphatic rings. The first-order valence-electron chi connectivity index (χ1n) is 11.1. The number of H-pyrrole nitrogens is 1. The van der Waals surface area contributed by atoms with Crippen LogP contribution in [0.3, 0.4) is 0 Å². The molecule has 0 saturated carbocycles. The lowest BCUT2D eigenvalue weighted by Gasteiger charge is -2.26. The first-order chi connectivity index (χ1) is 17.0. The molecule has 178 valence electrons. The maximum absolute atomic E-state index is 13.5. The lowest BCUT2D eigenvalue weighted by Crippen LogP contribution is -2.29. The molecule has 4 aromatic rings. The largest absolute Gasteiger partial charge is 0.507 e. The Morgan fingerprint density at radius 2 is 2.09 bits per heavy atom. The number of amides is 1. The molecule has 0 bridgehead atoms. The summed E-state index contributed by atoms with van der Waals surface area (Å²) in [6, 6.07) is 14.0. The molecular formula is C27H25N3O5. The quantitative estimate of drug-likeness (QED) is 0.351. The van der Waals surface area contributed by atoms with E-state index in [2.05, 4.69) is 16.8 Å². The van der Waals surface area contributed by atoms with Crippen molar-refractivity contribution in [2.45, 2.75) is 19.5 Å². The van der Waals surface area contributed by atoms with Crippen LogP contribution in [0.1, 0.15) is 39.0 Å². The van der Waals surface area contributed by atoms with E-state index in [0.717, 1.165) is 11.1 Å². The molecule has 0 spiro atoms. The van der Waals surface area contributed by atoms with E-state index in [-0.39, 0.29) is 18.2 Å². The second-order valence-corrected chi connectivity index (χ2v) is 8.31. The number of phenolic OH excluding ortho intramolecular Hbond substituents is 1.